The van der Waals surface area contributed by atoms with E-state index >= 15 is 0 Å². The zero-order chi connectivity index (χ0) is 14.9. The number of hydrogen-bond acceptors (Lipinski definition) is 3. The minimum atomic E-state index is -0.706. The van der Waals surface area contributed by atoms with Gasteiger partial charge in [0.1, 0.15) is 18.4 Å². The molecule has 1 aliphatic heterocycles. The van der Waals surface area contributed by atoms with Gasteiger partial charge in [0.25, 0.3) is 5.91 Å². The van der Waals surface area contributed by atoms with Gasteiger partial charge in [-0.1, -0.05) is 13.0 Å². The summed E-state index contributed by atoms with van der Waals surface area (Å²) >= 11 is 0. The fraction of sp³-hybridized carbons (Fsp3) is 0.357. The Morgan fingerprint density at radius 2 is 2.15 bits per heavy atom. The van der Waals surface area contributed by atoms with Crippen molar-refractivity contribution >= 4 is 17.7 Å². The number of rotatable bonds is 2. The van der Waals surface area contributed by atoms with E-state index in [0.29, 0.717) is 12.0 Å². The number of hydrogen-bond donors (Lipinski definition) is 1. The normalized spacial score (nSPS) is 18.9. The molecule has 1 aliphatic rings. The molecular weight excluding hydrogens is 263 g/mol. The van der Waals surface area contributed by atoms with Crippen LogP contribution in [0.4, 0.5) is 4.39 Å². The Kier molecular flexibility index (Phi) is 3.83. The maximum Gasteiger partial charge on any atom is 0.255 e. The third kappa shape index (κ3) is 2.54. The zero-order valence-electron chi connectivity index (χ0n) is 11.3. The van der Waals surface area contributed by atoms with E-state index in [1.807, 2.05) is 0 Å². The van der Waals surface area contributed by atoms with E-state index in [-0.39, 0.29) is 12.1 Å². The molecule has 1 saturated heterocycles. The third-order valence-corrected chi connectivity index (χ3v) is 3.33. The van der Waals surface area contributed by atoms with Crippen LogP contribution >= 0.6 is 0 Å². The molecule has 20 heavy (non-hydrogen) atoms. The minimum absolute atomic E-state index is 0.172. The molecule has 1 unspecified atom stereocenters. The molecule has 0 aliphatic carbocycles. The first-order valence-electron chi connectivity index (χ1n) is 6.35. The van der Waals surface area contributed by atoms with E-state index in [1.54, 1.807) is 13.8 Å². The highest BCUT2D eigenvalue weighted by Gasteiger charge is 2.36. The van der Waals surface area contributed by atoms with Gasteiger partial charge in [-0.2, -0.15) is 0 Å². The van der Waals surface area contributed by atoms with Gasteiger partial charge in [-0.15, -0.1) is 0 Å². The van der Waals surface area contributed by atoms with Crippen LogP contribution in [0.1, 0.15) is 29.3 Å². The molecule has 1 N–H and O–H groups in total. The predicted octanol–water partition coefficient (Wildman–Crippen LogP) is 1.01. The number of aryl methyl sites for hydroxylation is 1. The van der Waals surface area contributed by atoms with Gasteiger partial charge in [0.15, 0.2) is 0 Å². The number of nitrogens with one attached hydrogen (secondary N) is 1. The molecule has 1 heterocycles. The number of carbonyl (C=O) groups is 3. The molecule has 2 rings (SSSR count). The average molecular weight is 278 g/mol. The first-order chi connectivity index (χ1) is 9.43. The van der Waals surface area contributed by atoms with Crippen LogP contribution in [0.3, 0.4) is 0 Å². The molecule has 106 valence electrons. The van der Waals surface area contributed by atoms with Crippen LogP contribution in [0.2, 0.25) is 0 Å². The lowest BCUT2D eigenvalue weighted by molar-refractivity contribution is -0.138. The van der Waals surface area contributed by atoms with E-state index in [1.165, 1.54) is 17.0 Å². The van der Waals surface area contributed by atoms with Crippen LogP contribution in [0.15, 0.2) is 18.2 Å². The predicted molar refractivity (Wildman–Crippen MR) is 69.4 cm³/mol. The molecule has 1 aromatic rings. The van der Waals surface area contributed by atoms with E-state index < -0.39 is 29.6 Å². The fourth-order valence-corrected chi connectivity index (χ4v) is 2.27. The molecule has 0 saturated carbocycles. The van der Waals surface area contributed by atoms with Gasteiger partial charge in [-0.3, -0.25) is 19.7 Å². The van der Waals surface area contributed by atoms with Crippen LogP contribution in [0.25, 0.3) is 0 Å². The zero-order valence-corrected chi connectivity index (χ0v) is 11.3. The second-order valence-electron chi connectivity index (χ2n) is 4.73. The molecule has 0 bridgehead atoms. The average Bonchev–Trinajstić information content (AvgIpc) is 2.40. The highest BCUT2D eigenvalue weighted by Crippen LogP contribution is 2.17. The Morgan fingerprint density at radius 3 is 2.80 bits per heavy atom. The van der Waals surface area contributed by atoms with E-state index in [4.69, 9.17) is 0 Å². The van der Waals surface area contributed by atoms with Crippen LogP contribution in [0, 0.1) is 12.7 Å². The summed E-state index contributed by atoms with van der Waals surface area (Å²) in [5.41, 5.74) is 0.774. The summed E-state index contributed by atoms with van der Waals surface area (Å²) in [6.07, 6.45) is 0.388. The topological polar surface area (TPSA) is 66.5 Å². The lowest BCUT2D eigenvalue weighted by Gasteiger charge is -2.33. The van der Waals surface area contributed by atoms with E-state index in [9.17, 15) is 18.8 Å². The smallest absolute Gasteiger partial charge is 0.255 e. The molecule has 1 aromatic carbocycles. The van der Waals surface area contributed by atoms with Crippen LogP contribution in [-0.2, 0) is 9.59 Å². The summed E-state index contributed by atoms with van der Waals surface area (Å²) < 4.78 is 13.3. The largest absolute Gasteiger partial charge is 0.317 e. The van der Waals surface area contributed by atoms with Gasteiger partial charge in [0.2, 0.25) is 11.8 Å². The Bertz CT molecular complexity index is 586. The summed E-state index contributed by atoms with van der Waals surface area (Å²) in [6, 6.07) is 3.18. The molecule has 0 spiro atoms. The second kappa shape index (κ2) is 5.40. The lowest BCUT2D eigenvalue weighted by atomic mass is 10.0. The minimum Gasteiger partial charge on any atom is -0.317 e. The number of amides is 3. The lowest BCUT2D eigenvalue weighted by Crippen LogP contribution is -2.59. The monoisotopic (exact) mass is 278 g/mol. The molecule has 0 aromatic heterocycles. The quantitative estimate of drug-likeness (QED) is 0.821. The standard InChI is InChI=1S/C14H15FN2O3/c1-3-11-13(19)16-12(18)7-17(11)14(20)10-6-9(15)5-4-8(10)2/h4-6,11H,3,7H2,1-2H3,(H,16,18,19). The maximum atomic E-state index is 13.3. The van der Waals surface area contributed by atoms with Gasteiger partial charge in [0, 0.05) is 5.56 Å². The summed E-state index contributed by atoms with van der Waals surface area (Å²) in [5, 5.41) is 2.20. The number of piperazine rings is 1. The first kappa shape index (κ1) is 14.2. The first-order valence-corrected chi connectivity index (χ1v) is 6.35. The van der Waals surface area contributed by atoms with Crippen LogP contribution < -0.4 is 5.32 Å². The fourth-order valence-electron chi connectivity index (χ4n) is 2.27. The Hall–Kier alpha value is -2.24. The van der Waals surface area contributed by atoms with E-state index in [0.717, 1.165) is 6.07 Å². The number of carbonyl (C=O) groups excluding carboxylic acids is 3. The van der Waals surface area contributed by atoms with Gasteiger partial charge in [-0.05, 0) is 31.0 Å². The number of imide groups is 1. The van der Waals surface area contributed by atoms with Crippen molar-refractivity contribution in [1.82, 2.24) is 10.2 Å². The summed E-state index contributed by atoms with van der Waals surface area (Å²) in [6.45, 7) is 3.23. The van der Waals surface area contributed by atoms with Crippen LogP contribution in [-0.4, -0.2) is 35.2 Å². The molecule has 1 atom stereocenters. The summed E-state index contributed by atoms with van der Waals surface area (Å²) in [4.78, 5) is 36.8. The van der Waals surface area contributed by atoms with Crippen molar-refractivity contribution in [2.75, 3.05) is 6.54 Å². The molecule has 6 heteroatoms. The van der Waals surface area contributed by atoms with Crippen molar-refractivity contribution in [2.24, 2.45) is 0 Å². The van der Waals surface area contributed by atoms with Crippen molar-refractivity contribution in [2.45, 2.75) is 26.3 Å². The number of nitrogens with zero attached hydrogens (tertiary/aromatic N) is 1. The SMILES string of the molecule is CCC1C(=O)NC(=O)CN1C(=O)c1cc(F)ccc1C. The second-order valence-corrected chi connectivity index (χ2v) is 4.73. The molecule has 5 nitrogen and oxygen atoms in total. The number of halogens is 1. The molecule has 0 radical (unpaired) electrons. The third-order valence-electron chi connectivity index (χ3n) is 3.33. The Morgan fingerprint density at radius 1 is 1.45 bits per heavy atom. The van der Waals surface area contributed by atoms with E-state index in [2.05, 4.69) is 5.32 Å². The Labute approximate surface area is 115 Å². The highest BCUT2D eigenvalue weighted by molar-refractivity contribution is 6.07. The molecule has 1 fully saturated rings. The summed E-state index contributed by atoms with van der Waals surface area (Å²) in [7, 11) is 0. The van der Waals surface area contributed by atoms with Gasteiger partial charge >= 0.3 is 0 Å². The van der Waals surface area contributed by atoms with Crippen molar-refractivity contribution < 1.29 is 18.8 Å². The van der Waals surface area contributed by atoms with Crippen molar-refractivity contribution in [3.05, 3.63) is 35.1 Å². The van der Waals surface area contributed by atoms with Crippen molar-refractivity contribution in [3.8, 4) is 0 Å². The Balaban J connectivity index is 2.37. The van der Waals surface area contributed by atoms with Crippen molar-refractivity contribution in [1.29, 1.82) is 0 Å². The van der Waals surface area contributed by atoms with Crippen molar-refractivity contribution in [3.63, 3.8) is 0 Å². The summed E-state index contributed by atoms with van der Waals surface area (Å²) in [5.74, 6) is -2.05. The van der Waals surface area contributed by atoms with Gasteiger partial charge < -0.3 is 4.90 Å². The van der Waals surface area contributed by atoms with Gasteiger partial charge in [0.05, 0.1) is 0 Å². The van der Waals surface area contributed by atoms with Crippen LogP contribution in [0.5, 0.6) is 0 Å². The molecule has 3 amide bonds. The van der Waals surface area contributed by atoms with Gasteiger partial charge in [-0.25, -0.2) is 4.39 Å². The highest BCUT2D eigenvalue weighted by atomic mass is 19.1. The molecular formula is C14H15FN2O3. The number of benzene rings is 1. The maximum absolute atomic E-state index is 13.3.